The monoisotopic (exact) mass is 231 g/mol. The fourth-order valence-electron chi connectivity index (χ4n) is 1.70. The van der Waals surface area contributed by atoms with E-state index in [2.05, 4.69) is 22.4 Å². The van der Waals surface area contributed by atoms with Crippen LogP contribution in [-0.4, -0.2) is 14.8 Å². The van der Waals surface area contributed by atoms with E-state index in [1.165, 1.54) is 0 Å². The summed E-state index contributed by atoms with van der Waals surface area (Å²) in [6.45, 7) is 5.60. The Bertz CT molecular complexity index is 503. The lowest BCUT2D eigenvalue weighted by Gasteiger charge is -2.11. The second-order valence-corrected chi connectivity index (χ2v) is 3.91. The second kappa shape index (κ2) is 4.86. The molecule has 0 aliphatic carbocycles. The standard InChI is InChI=1S/C12H17N5/c1-3-17-8-15-16-12(17)7-14-11-6-4-5-10(13)9(11)2/h4-6,8,14H,3,7,13H2,1-2H3. The summed E-state index contributed by atoms with van der Waals surface area (Å²) >= 11 is 0. The van der Waals surface area contributed by atoms with E-state index in [4.69, 9.17) is 5.73 Å². The van der Waals surface area contributed by atoms with E-state index in [0.717, 1.165) is 29.3 Å². The molecule has 0 saturated heterocycles. The molecule has 0 bridgehead atoms. The van der Waals surface area contributed by atoms with E-state index in [1.54, 1.807) is 6.33 Å². The molecule has 3 N–H and O–H groups in total. The summed E-state index contributed by atoms with van der Waals surface area (Å²) in [6.07, 6.45) is 1.74. The Labute approximate surface area is 101 Å². The molecule has 0 atom stereocenters. The molecule has 0 aliphatic rings. The smallest absolute Gasteiger partial charge is 0.152 e. The SMILES string of the molecule is CCn1cnnc1CNc1cccc(N)c1C. The molecule has 5 heteroatoms. The minimum Gasteiger partial charge on any atom is -0.398 e. The molecule has 17 heavy (non-hydrogen) atoms. The van der Waals surface area contributed by atoms with E-state index in [-0.39, 0.29) is 0 Å². The summed E-state index contributed by atoms with van der Waals surface area (Å²) in [7, 11) is 0. The molecule has 1 aromatic carbocycles. The highest BCUT2D eigenvalue weighted by molar-refractivity contribution is 5.62. The molecule has 0 saturated carbocycles. The van der Waals surface area contributed by atoms with Gasteiger partial charge in [0.1, 0.15) is 6.33 Å². The van der Waals surface area contributed by atoms with Crippen LogP contribution in [0.5, 0.6) is 0 Å². The molecule has 0 aliphatic heterocycles. The van der Waals surface area contributed by atoms with Gasteiger partial charge in [-0.1, -0.05) is 6.07 Å². The topological polar surface area (TPSA) is 68.8 Å². The first-order valence-corrected chi connectivity index (χ1v) is 5.68. The molecule has 90 valence electrons. The number of hydrogen-bond donors (Lipinski definition) is 2. The van der Waals surface area contributed by atoms with Crippen molar-refractivity contribution in [3.05, 3.63) is 35.9 Å². The first kappa shape index (κ1) is 11.4. The fraction of sp³-hybridized carbons (Fsp3) is 0.333. The first-order chi connectivity index (χ1) is 8.22. The maximum absolute atomic E-state index is 5.85. The van der Waals surface area contributed by atoms with Gasteiger partial charge in [0, 0.05) is 17.9 Å². The maximum Gasteiger partial charge on any atom is 0.152 e. The highest BCUT2D eigenvalue weighted by atomic mass is 15.3. The average molecular weight is 231 g/mol. The summed E-state index contributed by atoms with van der Waals surface area (Å²) in [4.78, 5) is 0. The van der Waals surface area contributed by atoms with Crippen LogP contribution in [0.2, 0.25) is 0 Å². The molecule has 2 aromatic rings. The predicted molar refractivity (Wildman–Crippen MR) is 68.6 cm³/mol. The Morgan fingerprint density at radius 3 is 3.00 bits per heavy atom. The van der Waals surface area contributed by atoms with E-state index in [1.807, 2.05) is 29.7 Å². The normalized spacial score (nSPS) is 10.5. The summed E-state index contributed by atoms with van der Waals surface area (Å²) in [6, 6.07) is 5.85. The fourth-order valence-corrected chi connectivity index (χ4v) is 1.70. The number of nitrogens with one attached hydrogen (secondary N) is 1. The number of nitrogens with zero attached hydrogens (tertiary/aromatic N) is 3. The van der Waals surface area contributed by atoms with E-state index < -0.39 is 0 Å². The third-order valence-corrected chi connectivity index (χ3v) is 2.85. The molecule has 5 nitrogen and oxygen atoms in total. The zero-order valence-corrected chi connectivity index (χ0v) is 10.1. The zero-order chi connectivity index (χ0) is 12.3. The van der Waals surface area contributed by atoms with Crippen molar-refractivity contribution < 1.29 is 0 Å². The van der Waals surface area contributed by atoms with Crippen molar-refractivity contribution in [2.75, 3.05) is 11.1 Å². The molecule has 0 radical (unpaired) electrons. The molecule has 1 aromatic heterocycles. The van der Waals surface area contributed by atoms with Crippen LogP contribution in [0.4, 0.5) is 11.4 Å². The van der Waals surface area contributed by atoms with Crippen molar-refractivity contribution in [1.82, 2.24) is 14.8 Å². The molecule has 0 fully saturated rings. The molecule has 0 spiro atoms. The number of aryl methyl sites for hydroxylation is 1. The minimum absolute atomic E-state index is 0.651. The molecular weight excluding hydrogens is 214 g/mol. The van der Waals surface area contributed by atoms with E-state index >= 15 is 0 Å². The van der Waals surface area contributed by atoms with Crippen LogP contribution in [0.3, 0.4) is 0 Å². The Kier molecular flexibility index (Phi) is 3.27. The lowest BCUT2D eigenvalue weighted by atomic mass is 10.1. The number of benzene rings is 1. The number of aromatic nitrogens is 3. The Hall–Kier alpha value is -2.04. The predicted octanol–water partition coefficient (Wildman–Crippen LogP) is 1.80. The summed E-state index contributed by atoms with van der Waals surface area (Å²) in [5.41, 5.74) is 8.75. The van der Waals surface area contributed by atoms with Gasteiger partial charge in [-0.05, 0) is 31.5 Å². The van der Waals surface area contributed by atoms with Gasteiger partial charge in [0.05, 0.1) is 6.54 Å². The summed E-state index contributed by atoms with van der Waals surface area (Å²) in [5, 5.41) is 11.3. The van der Waals surface area contributed by atoms with Gasteiger partial charge in [-0.25, -0.2) is 0 Å². The Morgan fingerprint density at radius 1 is 1.41 bits per heavy atom. The highest BCUT2D eigenvalue weighted by Gasteiger charge is 2.04. The third-order valence-electron chi connectivity index (χ3n) is 2.85. The number of anilines is 2. The summed E-state index contributed by atoms with van der Waals surface area (Å²) in [5.74, 6) is 0.925. The quantitative estimate of drug-likeness (QED) is 0.787. The van der Waals surface area contributed by atoms with Crippen LogP contribution in [0, 0.1) is 6.92 Å². The van der Waals surface area contributed by atoms with E-state index in [9.17, 15) is 0 Å². The van der Waals surface area contributed by atoms with E-state index in [0.29, 0.717) is 6.54 Å². The van der Waals surface area contributed by atoms with Crippen molar-refractivity contribution >= 4 is 11.4 Å². The molecule has 2 rings (SSSR count). The van der Waals surface area contributed by atoms with Gasteiger partial charge in [0.2, 0.25) is 0 Å². The zero-order valence-electron chi connectivity index (χ0n) is 10.1. The number of nitrogens with two attached hydrogens (primary N) is 1. The van der Waals surface area contributed by atoms with Crippen LogP contribution in [-0.2, 0) is 13.1 Å². The number of nitrogen functional groups attached to an aromatic ring is 1. The Balaban J connectivity index is 2.10. The van der Waals surface area contributed by atoms with Crippen LogP contribution < -0.4 is 11.1 Å². The van der Waals surface area contributed by atoms with Crippen LogP contribution in [0.25, 0.3) is 0 Å². The summed E-state index contributed by atoms with van der Waals surface area (Å²) < 4.78 is 2.01. The lowest BCUT2D eigenvalue weighted by molar-refractivity contribution is 0.708. The Morgan fingerprint density at radius 2 is 2.24 bits per heavy atom. The molecule has 1 heterocycles. The maximum atomic E-state index is 5.85. The molecule has 0 amide bonds. The van der Waals surface area contributed by atoms with Crippen LogP contribution in [0.1, 0.15) is 18.3 Å². The van der Waals surface area contributed by atoms with Crippen molar-refractivity contribution in [3.63, 3.8) is 0 Å². The number of rotatable bonds is 4. The average Bonchev–Trinajstić information content (AvgIpc) is 2.78. The number of hydrogen-bond acceptors (Lipinski definition) is 4. The van der Waals surface area contributed by atoms with Crippen molar-refractivity contribution in [3.8, 4) is 0 Å². The minimum atomic E-state index is 0.651. The molecule has 0 unspecified atom stereocenters. The third kappa shape index (κ3) is 2.38. The van der Waals surface area contributed by atoms with Gasteiger partial charge >= 0.3 is 0 Å². The first-order valence-electron chi connectivity index (χ1n) is 5.68. The van der Waals surface area contributed by atoms with Crippen molar-refractivity contribution in [2.24, 2.45) is 0 Å². The van der Waals surface area contributed by atoms with Gasteiger partial charge < -0.3 is 15.6 Å². The van der Waals surface area contributed by atoms with Gasteiger partial charge in [-0.3, -0.25) is 0 Å². The molecular formula is C12H17N5. The second-order valence-electron chi connectivity index (χ2n) is 3.91. The largest absolute Gasteiger partial charge is 0.398 e. The van der Waals surface area contributed by atoms with Crippen molar-refractivity contribution in [2.45, 2.75) is 26.9 Å². The van der Waals surface area contributed by atoms with Crippen LogP contribution in [0.15, 0.2) is 24.5 Å². The van der Waals surface area contributed by atoms with Gasteiger partial charge in [-0.15, -0.1) is 10.2 Å². The van der Waals surface area contributed by atoms with Crippen molar-refractivity contribution in [1.29, 1.82) is 0 Å². The lowest BCUT2D eigenvalue weighted by Crippen LogP contribution is -2.08. The highest BCUT2D eigenvalue weighted by Crippen LogP contribution is 2.20. The van der Waals surface area contributed by atoms with Gasteiger partial charge in [0.25, 0.3) is 0 Å². The van der Waals surface area contributed by atoms with Gasteiger partial charge in [-0.2, -0.15) is 0 Å². The van der Waals surface area contributed by atoms with Crippen LogP contribution >= 0.6 is 0 Å². The van der Waals surface area contributed by atoms with Gasteiger partial charge in [0.15, 0.2) is 5.82 Å².